The Morgan fingerprint density at radius 1 is 1.75 bits per heavy atom. The third-order valence-electron chi connectivity index (χ3n) is 2.12. The van der Waals surface area contributed by atoms with E-state index in [-0.39, 0.29) is 12.0 Å². The molecular weight excluding hydrogens is 156 g/mol. The molecule has 1 fully saturated rings. The third kappa shape index (κ3) is 1.18. The lowest BCUT2D eigenvalue weighted by molar-refractivity contribution is 0.102. The summed E-state index contributed by atoms with van der Waals surface area (Å²) < 4.78 is 7.25. The third-order valence-corrected chi connectivity index (χ3v) is 2.12. The van der Waals surface area contributed by atoms with Crippen molar-refractivity contribution in [1.82, 2.24) is 9.55 Å². The summed E-state index contributed by atoms with van der Waals surface area (Å²) in [4.78, 5) is 3.99. The zero-order valence-corrected chi connectivity index (χ0v) is 7.03. The minimum atomic E-state index is 0.0722. The van der Waals surface area contributed by atoms with Crippen molar-refractivity contribution in [3.8, 4) is 5.88 Å². The molecule has 1 aromatic rings. The molecule has 1 atom stereocenters. The number of hydrogen-bond donors (Lipinski definition) is 1. The molecule has 1 aliphatic rings. The van der Waals surface area contributed by atoms with Gasteiger partial charge in [-0.1, -0.05) is 0 Å². The van der Waals surface area contributed by atoms with Crippen molar-refractivity contribution in [2.24, 2.45) is 7.05 Å². The molecule has 1 N–H and O–H groups in total. The van der Waals surface area contributed by atoms with Crippen LogP contribution in [0.15, 0.2) is 6.20 Å². The van der Waals surface area contributed by atoms with Crippen LogP contribution in [0.5, 0.6) is 5.88 Å². The number of aryl methyl sites for hydroxylation is 1. The summed E-state index contributed by atoms with van der Waals surface area (Å²) in [6.45, 7) is 0.804. The maximum absolute atomic E-state index is 9.11. The van der Waals surface area contributed by atoms with Crippen LogP contribution in [0.1, 0.15) is 24.8 Å². The molecule has 0 radical (unpaired) electrons. The quantitative estimate of drug-likeness (QED) is 0.679. The number of nitrogens with zero attached hydrogens (tertiary/aromatic N) is 2. The van der Waals surface area contributed by atoms with Gasteiger partial charge in [0.1, 0.15) is 11.9 Å². The van der Waals surface area contributed by atoms with E-state index >= 15 is 0 Å². The molecule has 2 rings (SSSR count). The van der Waals surface area contributed by atoms with Gasteiger partial charge in [-0.3, -0.25) is 0 Å². The zero-order chi connectivity index (χ0) is 8.55. The second-order valence-electron chi connectivity index (χ2n) is 3.07. The molecule has 1 aliphatic heterocycles. The minimum absolute atomic E-state index is 0.0722. The summed E-state index contributed by atoms with van der Waals surface area (Å²) in [6, 6.07) is 0. The van der Waals surface area contributed by atoms with Crippen LogP contribution < -0.4 is 0 Å². The predicted octanol–water partition coefficient (Wildman–Crippen LogP) is 0.977. The van der Waals surface area contributed by atoms with Crippen LogP contribution in [0.25, 0.3) is 0 Å². The van der Waals surface area contributed by atoms with Crippen molar-refractivity contribution in [2.45, 2.75) is 18.9 Å². The first-order valence-corrected chi connectivity index (χ1v) is 4.11. The standard InChI is InChI=1S/C8H12N2O2/c1-10-5-7(11)9-8(10)6-3-2-4-12-6/h5-6,11H,2-4H2,1H3. The normalized spacial score (nSPS) is 23.2. The summed E-state index contributed by atoms with van der Waals surface area (Å²) in [5.41, 5.74) is 0. The van der Waals surface area contributed by atoms with Gasteiger partial charge in [0.15, 0.2) is 0 Å². The lowest BCUT2D eigenvalue weighted by atomic mass is 10.2. The van der Waals surface area contributed by atoms with Gasteiger partial charge in [-0.05, 0) is 12.8 Å². The van der Waals surface area contributed by atoms with E-state index in [0.29, 0.717) is 0 Å². The number of aromatic nitrogens is 2. The molecule has 0 bridgehead atoms. The molecule has 2 heterocycles. The fourth-order valence-corrected chi connectivity index (χ4v) is 1.54. The van der Waals surface area contributed by atoms with Gasteiger partial charge in [0.2, 0.25) is 5.88 Å². The molecule has 1 aromatic heterocycles. The predicted molar refractivity (Wildman–Crippen MR) is 42.8 cm³/mol. The number of hydrogen-bond acceptors (Lipinski definition) is 3. The van der Waals surface area contributed by atoms with Gasteiger partial charge in [-0.2, -0.15) is 4.98 Å². The first kappa shape index (κ1) is 7.61. The molecule has 66 valence electrons. The van der Waals surface area contributed by atoms with E-state index in [1.165, 1.54) is 0 Å². The Morgan fingerprint density at radius 3 is 3.08 bits per heavy atom. The maximum atomic E-state index is 9.11. The highest BCUT2D eigenvalue weighted by atomic mass is 16.5. The highest BCUT2D eigenvalue weighted by Crippen LogP contribution is 2.28. The number of ether oxygens (including phenoxy) is 1. The Hall–Kier alpha value is -1.03. The van der Waals surface area contributed by atoms with Gasteiger partial charge in [0.05, 0.1) is 6.20 Å². The van der Waals surface area contributed by atoms with E-state index in [4.69, 9.17) is 9.84 Å². The van der Waals surface area contributed by atoms with Gasteiger partial charge >= 0.3 is 0 Å². The van der Waals surface area contributed by atoms with Gasteiger partial charge in [-0.25, -0.2) is 0 Å². The number of rotatable bonds is 1. The van der Waals surface area contributed by atoms with Crippen LogP contribution in [0.2, 0.25) is 0 Å². The maximum Gasteiger partial charge on any atom is 0.229 e. The van der Waals surface area contributed by atoms with E-state index < -0.39 is 0 Å². The molecule has 0 saturated carbocycles. The highest BCUT2D eigenvalue weighted by Gasteiger charge is 2.22. The Labute approximate surface area is 70.8 Å². The Morgan fingerprint density at radius 2 is 2.58 bits per heavy atom. The first-order valence-electron chi connectivity index (χ1n) is 4.11. The van der Waals surface area contributed by atoms with Gasteiger partial charge in [-0.15, -0.1) is 0 Å². The number of imidazole rings is 1. The van der Waals surface area contributed by atoms with Crippen LogP contribution in [-0.2, 0) is 11.8 Å². The van der Waals surface area contributed by atoms with Crippen molar-refractivity contribution in [3.63, 3.8) is 0 Å². The van der Waals surface area contributed by atoms with Crippen molar-refractivity contribution in [3.05, 3.63) is 12.0 Å². The molecule has 0 spiro atoms. The van der Waals surface area contributed by atoms with E-state index in [9.17, 15) is 0 Å². The summed E-state index contributed by atoms with van der Waals surface area (Å²) in [6.07, 6.45) is 3.76. The van der Waals surface area contributed by atoms with Gasteiger partial charge in [0.25, 0.3) is 0 Å². The van der Waals surface area contributed by atoms with Crippen LogP contribution >= 0.6 is 0 Å². The van der Waals surface area contributed by atoms with Crippen LogP contribution in [0.4, 0.5) is 0 Å². The largest absolute Gasteiger partial charge is 0.492 e. The Balaban J connectivity index is 2.25. The highest BCUT2D eigenvalue weighted by molar-refractivity contribution is 5.10. The molecule has 4 nitrogen and oxygen atoms in total. The molecule has 4 heteroatoms. The van der Waals surface area contributed by atoms with Gasteiger partial charge < -0.3 is 14.4 Å². The lowest BCUT2D eigenvalue weighted by Gasteiger charge is -2.07. The van der Waals surface area contributed by atoms with Crippen LogP contribution in [0.3, 0.4) is 0 Å². The fourth-order valence-electron chi connectivity index (χ4n) is 1.54. The van der Waals surface area contributed by atoms with E-state index in [1.807, 2.05) is 11.6 Å². The van der Waals surface area contributed by atoms with Crippen molar-refractivity contribution in [1.29, 1.82) is 0 Å². The SMILES string of the molecule is Cn1cc(O)nc1C1CCCO1. The average molecular weight is 168 g/mol. The van der Waals surface area contributed by atoms with Crippen molar-refractivity contribution in [2.75, 3.05) is 6.61 Å². The van der Waals surface area contributed by atoms with Crippen molar-refractivity contribution < 1.29 is 9.84 Å². The minimum Gasteiger partial charge on any atom is -0.492 e. The van der Waals surface area contributed by atoms with Gasteiger partial charge in [0, 0.05) is 13.7 Å². The van der Waals surface area contributed by atoms with Crippen molar-refractivity contribution >= 4 is 0 Å². The molecule has 1 saturated heterocycles. The first-order chi connectivity index (χ1) is 5.77. The monoisotopic (exact) mass is 168 g/mol. The smallest absolute Gasteiger partial charge is 0.229 e. The summed E-state index contributed by atoms with van der Waals surface area (Å²) in [5, 5.41) is 9.11. The second kappa shape index (κ2) is 2.79. The molecule has 0 aromatic carbocycles. The molecule has 1 unspecified atom stereocenters. The summed E-state index contributed by atoms with van der Waals surface area (Å²) in [5.74, 6) is 0.896. The van der Waals surface area contributed by atoms with E-state index in [0.717, 1.165) is 25.3 Å². The summed E-state index contributed by atoms with van der Waals surface area (Å²) >= 11 is 0. The topological polar surface area (TPSA) is 47.3 Å². The molecule has 0 aliphatic carbocycles. The Bertz CT molecular complexity index is 277. The second-order valence-corrected chi connectivity index (χ2v) is 3.07. The molecule has 12 heavy (non-hydrogen) atoms. The van der Waals surface area contributed by atoms with E-state index in [2.05, 4.69) is 4.98 Å². The lowest BCUT2D eigenvalue weighted by Crippen LogP contribution is -2.03. The Kier molecular flexibility index (Phi) is 1.77. The van der Waals surface area contributed by atoms with Crippen LogP contribution in [-0.4, -0.2) is 21.3 Å². The van der Waals surface area contributed by atoms with E-state index in [1.54, 1.807) is 6.20 Å². The zero-order valence-electron chi connectivity index (χ0n) is 7.03. The van der Waals surface area contributed by atoms with Crippen LogP contribution in [0, 0.1) is 0 Å². The average Bonchev–Trinajstić information content (AvgIpc) is 2.58. The summed E-state index contributed by atoms with van der Waals surface area (Å²) in [7, 11) is 1.86. The molecular formula is C8H12N2O2. The fraction of sp³-hybridized carbons (Fsp3) is 0.625. The molecule has 0 amide bonds. The number of aromatic hydroxyl groups is 1.